The molecule has 124 valence electrons. The van der Waals surface area contributed by atoms with Crippen molar-refractivity contribution in [2.24, 2.45) is 0 Å². The Morgan fingerprint density at radius 1 is 1.43 bits per heavy atom. The van der Waals surface area contributed by atoms with Gasteiger partial charge in [-0.05, 0) is 19.1 Å². The van der Waals surface area contributed by atoms with Crippen molar-refractivity contribution in [1.29, 1.82) is 0 Å². The van der Waals surface area contributed by atoms with Crippen molar-refractivity contribution < 1.29 is 18.7 Å². The first kappa shape index (κ1) is 16.9. The van der Waals surface area contributed by atoms with Gasteiger partial charge in [0.1, 0.15) is 6.33 Å². The van der Waals surface area contributed by atoms with Gasteiger partial charge in [0.05, 0.1) is 25.3 Å². The Bertz CT molecular complexity index is 674. The summed E-state index contributed by atoms with van der Waals surface area (Å²) < 4.78 is 25.5. The lowest BCUT2D eigenvalue weighted by Gasteiger charge is -2.16. The highest BCUT2D eigenvalue weighted by atomic mass is 19.1. The van der Waals surface area contributed by atoms with E-state index in [0.29, 0.717) is 19.0 Å². The molecule has 1 aromatic carbocycles. The molecule has 1 heterocycles. The van der Waals surface area contributed by atoms with Gasteiger partial charge < -0.3 is 19.4 Å². The number of benzene rings is 1. The van der Waals surface area contributed by atoms with Crippen molar-refractivity contribution >= 4 is 5.91 Å². The average Bonchev–Trinajstić information content (AvgIpc) is 3.01. The van der Waals surface area contributed by atoms with Crippen molar-refractivity contribution in [2.45, 2.75) is 19.5 Å². The number of amides is 1. The minimum atomic E-state index is -0.587. The number of halogens is 1. The van der Waals surface area contributed by atoms with Crippen LogP contribution in [0, 0.1) is 5.82 Å². The molecule has 8 heteroatoms. The average molecular weight is 322 g/mol. The van der Waals surface area contributed by atoms with Crippen LogP contribution in [0.3, 0.4) is 0 Å². The van der Waals surface area contributed by atoms with E-state index in [-0.39, 0.29) is 11.3 Å². The molecule has 0 aliphatic carbocycles. The highest BCUT2D eigenvalue weighted by Crippen LogP contribution is 2.23. The van der Waals surface area contributed by atoms with Crippen molar-refractivity contribution in [1.82, 2.24) is 20.1 Å². The minimum absolute atomic E-state index is 0.0851. The third kappa shape index (κ3) is 3.84. The maximum atomic E-state index is 13.7. The Hall–Kier alpha value is -2.48. The summed E-state index contributed by atoms with van der Waals surface area (Å²) >= 11 is 0. The number of hydrogen-bond donors (Lipinski definition) is 1. The lowest BCUT2D eigenvalue weighted by atomic mass is 10.1. The van der Waals surface area contributed by atoms with Crippen LogP contribution in [0.5, 0.6) is 5.75 Å². The molecule has 0 fully saturated rings. The lowest BCUT2D eigenvalue weighted by molar-refractivity contribution is 0.0933. The Morgan fingerprint density at radius 3 is 2.91 bits per heavy atom. The van der Waals surface area contributed by atoms with Crippen LogP contribution in [0.1, 0.15) is 29.1 Å². The fourth-order valence-corrected chi connectivity index (χ4v) is 2.20. The van der Waals surface area contributed by atoms with Crippen molar-refractivity contribution in [3.05, 3.63) is 41.7 Å². The van der Waals surface area contributed by atoms with E-state index in [0.717, 1.165) is 0 Å². The van der Waals surface area contributed by atoms with Crippen molar-refractivity contribution in [3.8, 4) is 5.75 Å². The van der Waals surface area contributed by atoms with Gasteiger partial charge in [-0.25, -0.2) is 4.39 Å². The first-order chi connectivity index (χ1) is 11.1. The number of methoxy groups -OCH3 is 2. The van der Waals surface area contributed by atoms with Gasteiger partial charge >= 0.3 is 0 Å². The van der Waals surface area contributed by atoms with Crippen LogP contribution in [-0.4, -0.2) is 41.5 Å². The lowest BCUT2D eigenvalue weighted by Crippen LogP contribution is -2.29. The van der Waals surface area contributed by atoms with Gasteiger partial charge in [0.25, 0.3) is 5.91 Å². The van der Waals surface area contributed by atoms with Crippen LogP contribution in [0.4, 0.5) is 4.39 Å². The number of hydrogen-bond acceptors (Lipinski definition) is 5. The fraction of sp³-hybridized carbons (Fsp3) is 0.400. The molecule has 1 atom stereocenters. The topological polar surface area (TPSA) is 78.3 Å². The summed E-state index contributed by atoms with van der Waals surface area (Å²) in [6, 6.07) is 3.79. The summed E-state index contributed by atoms with van der Waals surface area (Å²) in [5.74, 6) is -0.532. The smallest absolute Gasteiger partial charge is 0.255 e. The van der Waals surface area contributed by atoms with Gasteiger partial charge in [0, 0.05) is 13.7 Å². The number of carbonyl (C=O) groups is 1. The van der Waals surface area contributed by atoms with E-state index in [1.807, 2.05) is 0 Å². The van der Waals surface area contributed by atoms with E-state index in [4.69, 9.17) is 9.47 Å². The molecule has 0 saturated carbocycles. The van der Waals surface area contributed by atoms with Crippen LogP contribution in [0.25, 0.3) is 0 Å². The first-order valence-corrected chi connectivity index (χ1v) is 7.08. The zero-order chi connectivity index (χ0) is 16.8. The van der Waals surface area contributed by atoms with Crippen LogP contribution in [-0.2, 0) is 11.3 Å². The van der Waals surface area contributed by atoms with E-state index in [1.54, 1.807) is 24.9 Å². The van der Waals surface area contributed by atoms with Gasteiger partial charge in [-0.2, -0.15) is 0 Å². The van der Waals surface area contributed by atoms with Crippen LogP contribution in [0.2, 0.25) is 0 Å². The van der Waals surface area contributed by atoms with Gasteiger partial charge in [-0.15, -0.1) is 10.2 Å². The molecule has 0 saturated heterocycles. The summed E-state index contributed by atoms with van der Waals surface area (Å²) in [5, 5.41) is 10.6. The molecule has 7 nitrogen and oxygen atoms in total. The summed E-state index contributed by atoms with van der Waals surface area (Å²) in [4.78, 5) is 12.4. The molecule has 0 bridgehead atoms. The molecule has 0 aliphatic rings. The van der Waals surface area contributed by atoms with Crippen LogP contribution in [0.15, 0.2) is 24.5 Å². The quantitative estimate of drug-likeness (QED) is 0.837. The standard InChI is InChI=1S/C15H19FN4O3/c1-10(14-19-17-9-20(14)7-8-22-2)18-15(21)11-5-4-6-12(16)13(11)23-3/h4-6,9-10H,7-8H2,1-3H3,(H,18,21)/t10-/m0/s1. The second kappa shape index (κ2) is 7.68. The van der Waals surface area contributed by atoms with Gasteiger partial charge in [0.2, 0.25) is 0 Å². The van der Waals surface area contributed by atoms with Gasteiger partial charge in [-0.3, -0.25) is 4.79 Å². The monoisotopic (exact) mass is 322 g/mol. The molecule has 1 N–H and O–H groups in total. The second-order valence-electron chi connectivity index (χ2n) is 4.89. The van der Waals surface area contributed by atoms with E-state index in [1.165, 1.54) is 25.3 Å². The van der Waals surface area contributed by atoms with E-state index < -0.39 is 17.8 Å². The van der Waals surface area contributed by atoms with Gasteiger partial charge in [0.15, 0.2) is 17.4 Å². The summed E-state index contributed by atoms with van der Waals surface area (Å²) in [6.07, 6.45) is 1.57. The Morgan fingerprint density at radius 2 is 2.22 bits per heavy atom. The molecule has 0 spiro atoms. The third-order valence-corrected chi connectivity index (χ3v) is 3.33. The summed E-state index contributed by atoms with van der Waals surface area (Å²) in [7, 11) is 2.92. The number of nitrogens with zero attached hydrogens (tertiary/aromatic N) is 3. The molecule has 1 aromatic heterocycles. The Balaban J connectivity index is 2.14. The van der Waals surface area contributed by atoms with Crippen molar-refractivity contribution in [2.75, 3.05) is 20.8 Å². The summed E-state index contributed by atoms with van der Waals surface area (Å²) in [5.41, 5.74) is 0.127. The van der Waals surface area contributed by atoms with E-state index >= 15 is 0 Å². The number of aromatic nitrogens is 3. The maximum absolute atomic E-state index is 13.7. The first-order valence-electron chi connectivity index (χ1n) is 7.08. The van der Waals surface area contributed by atoms with Crippen molar-refractivity contribution in [3.63, 3.8) is 0 Å². The molecule has 2 rings (SSSR count). The second-order valence-corrected chi connectivity index (χ2v) is 4.89. The normalized spacial score (nSPS) is 12.0. The number of carbonyl (C=O) groups excluding carboxylic acids is 1. The molecule has 0 aliphatic heterocycles. The van der Waals surface area contributed by atoms with Crippen LogP contribution >= 0.6 is 0 Å². The summed E-state index contributed by atoms with van der Waals surface area (Å²) in [6.45, 7) is 2.85. The Labute approximate surface area is 133 Å². The predicted octanol–water partition coefficient (Wildman–Crippen LogP) is 1.56. The SMILES string of the molecule is COCCn1cnnc1[C@H](C)NC(=O)c1cccc(F)c1OC. The number of para-hydroxylation sites is 1. The highest BCUT2D eigenvalue weighted by Gasteiger charge is 2.20. The number of rotatable bonds is 7. The molecule has 1 amide bonds. The fourth-order valence-electron chi connectivity index (χ4n) is 2.20. The van der Waals surface area contributed by atoms with Gasteiger partial charge in [-0.1, -0.05) is 6.07 Å². The van der Waals surface area contributed by atoms with E-state index in [2.05, 4.69) is 15.5 Å². The third-order valence-electron chi connectivity index (χ3n) is 3.33. The molecule has 0 unspecified atom stereocenters. The molecular formula is C15H19FN4O3. The maximum Gasteiger partial charge on any atom is 0.255 e. The molecule has 23 heavy (non-hydrogen) atoms. The largest absolute Gasteiger partial charge is 0.493 e. The minimum Gasteiger partial charge on any atom is -0.493 e. The predicted molar refractivity (Wildman–Crippen MR) is 80.7 cm³/mol. The Kier molecular flexibility index (Phi) is 5.64. The number of nitrogens with one attached hydrogen (secondary N) is 1. The zero-order valence-corrected chi connectivity index (χ0v) is 13.2. The van der Waals surface area contributed by atoms with E-state index in [9.17, 15) is 9.18 Å². The number of ether oxygens (including phenoxy) is 2. The molecule has 0 radical (unpaired) electrons. The zero-order valence-electron chi connectivity index (χ0n) is 13.2. The highest BCUT2D eigenvalue weighted by molar-refractivity contribution is 5.97. The molecule has 2 aromatic rings. The van der Waals surface area contributed by atoms with Crippen LogP contribution < -0.4 is 10.1 Å². The molecular weight excluding hydrogens is 303 g/mol.